The van der Waals surface area contributed by atoms with Crippen LogP contribution in [0.15, 0.2) is 18.2 Å². The topological polar surface area (TPSA) is 78.7 Å². The van der Waals surface area contributed by atoms with Gasteiger partial charge in [0.05, 0.1) is 6.54 Å². The van der Waals surface area contributed by atoms with Crippen molar-refractivity contribution in [2.24, 2.45) is 5.73 Å². The molecule has 8 heteroatoms. The number of hydrogen-bond donors (Lipinski definition) is 2. The van der Waals surface area contributed by atoms with Crippen molar-refractivity contribution in [2.75, 3.05) is 32.7 Å². The number of nitrogens with two attached hydrogens (primary N) is 1. The predicted octanol–water partition coefficient (Wildman–Crippen LogP) is 0.792. The number of halogens is 2. The van der Waals surface area contributed by atoms with Crippen molar-refractivity contribution >= 4 is 23.5 Å². The number of hydrogen-bond acceptors (Lipinski definition) is 4. The lowest BCUT2D eigenvalue weighted by Gasteiger charge is -2.34. The van der Waals surface area contributed by atoms with Crippen molar-refractivity contribution in [1.82, 2.24) is 15.1 Å². The fourth-order valence-corrected chi connectivity index (χ4v) is 2.60. The van der Waals surface area contributed by atoms with Crippen molar-refractivity contribution < 1.29 is 14.0 Å². The second-order valence-corrected chi connectivity index (χ2v) is 5.61. The molecule has 1 aliphatic rings. The van der Waals surface area contributed by atoms with Gasteiger partial charge in [-0.1, -0.05) is 17.7 Å². The van der Waals surface area contributed by atoms with E-state index < -0.39 is 11.9 Å². The van der Waals surface area contributed by atoms with E-state index in [0.717, 1.165) is 18.7 Å². The molecule has 2 rings (SSSR count). The fraction of sp³-hybridized carbons (Fsp3) is 0.429. The maximum Gasteiger partial charge on any atom is 0.318 e. The number of imide groups is 1. The number of nitrogens with zero attached hydrogens (tertiary/aromatic N) is 2. The molecule has 0 saturated carbocycles. The van der Waals surface area contributed by atoms with Crippen molar-refractivity contribution in [2.45, 2.75) is 6.54 Å². The zero-order chi connectivity index (χ0) is 16.1. The van der Waals surface area contributed by atoms with Gasteiger partial charge in [0.15, 0.2) is 0 Å². The lowest BCUT2D eigenvalue weighted by molar-refractivity contribution is -0.121. The van der Waals surface area contributed by atoms with Crippen LogP contribution < -0.4 is 11.1 Å². The highest BCUT2D eigenvalue weighted by Gasteiger charge is 2.20. The Labute approximate surface area is 133 Å². The van der Waals surface area contributed by atoms with Crippen LogP contribution in [-0.2, 0) is 11.3 Å². The van der Waals surface area contributed by atoms with E-state index in [4.69, 9.17) is 17.3 Å². The largest absolute Gasteiger partial charge is 0.351 e. The van der Waals surface area contributed by atoms with Crippen LogP contribution in [0, 0.1) is 5.82 Å². The third kappa shape index (κ3) is 4.94. The first kappa shape index (κ1) is 16.7. The van der Waals surface area contributed by atoms with Gasteiger partial charge < -0.3 is 5.73 Å². The third-order valence-corrected chi connectivity index (χ3v) is 3.86. The number of piperazine rings is 1. The van der Waals surface area contributed by atoms with Gasteiger partial charge in [0, 0.05) is 37.7 Å². The quantitative estimate of drug-likeness (QED) is 0.856. The molecule has 3 amide bonds. The number of carbonyl (C=O) groups is 2. The number of carbonyl (C=O) groups excluding carboxylic acids is 2. The molecular formula is C14H18ClFN4O2. The molecule has 0 radical (unpaired) electrons. The molecule has 0 aromatic heterocycles. The second kappa shape index (κ2) is 7.53. The van der Waals surface area contributed by atoms with E-state index in [-0.39, 0.29) is 12.4 Å². The summed E-state index contributed by atoms with van der Waals surface area (Å²) in [7, 11) is 0. The molecule has 0 aliphatic carbocycles. The Morgan fingerprint density at radius 3 is 2.45 bits per heavy atom. The van der Waals surface area contributed by atoms with Crippen molar-refractivity contribution in [1.29, 1.82) is 0 Å². The molecule has 3 N–H and O–H groups in total. The first-order valence-corrected chi connectivity index (χ1v) is 7.30. The van der Waals surface area contributed by atoms with E-state index in [2.05, 4.69) is 4.90 Å². The summed E-state index contributed by atoms with van der Waals surface area (Å²) in [5.41, 5.74) is 5.77. The minimum absolute atomic E-state index is 0.147. The average Bonchev–Trinajstić information content (AvgIpc) is 2.43. The van der Waals surface area contributed by atoms with Gasteiger partial charge in [0.1, 0.15) is 5.82 Å². The van der Waals surface area contributed by atoms with Crippen molar-refractivity contribution in [3.05, 3.63) is 34.6 Å². The summed E-state index contributed by atoms with van der Waals surface area (Å²) in [5, 5.41) is 2.47. The molecule has 0 spiro atoms. The van der Waals surface area contributed by atoms with Crippen LogP contribution in [0.3, 0.4) is 0 Å². The second-order valence-electron chi connectivity index (χ2n) is 5.20. The zero-order valence-electron chi connectivity index (χ0n) is 12.0. The Hall–Kier alpha value is -1.70. The minimum Gasteiger partial charge on any atom is -0.351 e. The maximum absolute atomic E-state index is 13.0. The van der Waals surface area contributed by atoms with Crippen LogP contribution in [-0.4, -0.2) is 54.5 Å². The number of primary amides is 1. The fourth-order valence-electron chi connectivity index (χ4n) is 2.38. The van der Waals surface area contributed by atoms with E-state index in [1.54, 1.807) is 6.07 Å². The summed E-state index contributed by atoms with van der Waals surface area (Å²) in [6.45, 7) is 3.71. The van der Waals surface area contributed by atoms with E-state index in [0.29, 0.717) is 24.7 Å². The number of nitrogens with one attached hydrogen (secondary N) is 1. The van der Waals surface area contributed by atoms with Crippen LogP contribution in [0.5, 0.6) is 0 Å². The first-order valence-electron chi connectivity index (χ1n) is 6.92. The Morgan fingerprint density at radius 2 is 1.86 bits per heavy atom. The third-order valence-electron chi connectivity index (χ3n) is 3.50. The Kier molecular flexibility index (Phi) is 5.70. The number of amides is 3. The first-order chi connectivity index (χ1) is 10.4. The van der Waals surface area contributed by atoms with Gasteiger partial charge in [-0.3, -0.25) is 19.9 Å². The van der Waals surface area contributed by atoms with Crippen LogP contribution in [0.25, 0.3) is 0 Å². The molecule has 1 fully saturated rings. The molecule has 22 heavy (non-hydrogen) atoms. The van der Waals surface area contributed by atoms with Crippen LogP contribution in [0.2, 0.25) is 5.02 Å². The molecule has 0 bridgehead atoms. The standard InChI is InChI=1S/C14H18ClFN4O2/c15-12-7-11(16)2-1-10(12)8-19-3-5-20(6-4-19)9-13(21)18-14(17)22/h1-2,7H,3-6,8-9H2,(H3,17,18,21,22). The van der Waals surface area contributed by atoms with Gasteiger partial charge >= 0.3 is 6.03 Å². The Balaban J connectivity index is 1.79. The van der Waals surface area contributed by atoms with E-state index in [9.17, 15) is 14.0 Å². The smallest absolute Gasteiger partial charge is 0.318 e. The summed E-state index contributed by atoms with van der Waals surface area (Å²) >= 11 is 6.02. The summed E-state index contributed by atoms with van der Waals surface area (Å²) in [4.78, 5) is 26.2. The van der Waals surface area contributed by atoms with E-state index in [1.165, 1.54) is 12.1 Å². The van der Waals surface area contributed by atoms with Gasteiger partial charge in [-0.25, -0.2) is 9.18 Å². The monoisotopic (exact) mass is 328 g/mol. The van der Waals surface area contributed by atoms with Crippen molar-refractivity contribution in [3.8, 4) is 0 Å². The SMILES string of the molecule is NC(=O)NC(=O)CN1CCN(Cc2ccc(F)cc2Cl)CC1. The lowest BCUT2D eigenvalue weighted by atomic mass is 10.2. The average molecular weight is 329 g/mol. The van der Waals surface area contributed by atoms with Crippen molar-refractivity contribution in [3.63, 3.8) is 0 Å². The molecule has 1 saturated heterocycles. The molecular weight excluding hydrogens is 311 g/mol. The van der Waals surface area contributed by atoms with Gasteiger partial charge in [0.25, 0.3) is 0 Å². The lowest BCUT2D eigenvalue weighted by Crippen LogP contribution is -2.50. The summed E-state index contributed by atoms with van der Waals surface area (Å²) < 4.78 is 13.0. The number of rotatable bonds is 4. The molecule has 1 aromatic rings. The van der Waals surface area contributed by atoms with E-state index in [1.807, 2.05) is 10.2 Å². The van der Waals surface area contributed by atoms with Crippen LogP contribution in [0.4, 0.5) is 9.18 Å². The molecule has 1 heterocycles. The Morgan fingerprint density at radius 1 is 1.23 bits per heavy atom. The van der Waals surface area contributed by atoms with E-state index >= 15 is 0 Å². The number of urea groups is 1. The van der Waals surface area contributed by atoms with Crippen LogP contribution in [0.1, 0.15) is 5.56 Å². The molecule has 120 valence electrons. The Bertz CT molecular complexity index is 562. The highest BCUT2D eigenvalue weighted by atomic mass is 35.5. The molecule has 6 nitrogen and oxygen atoms in total. The van der Waals surface area contributed by atoms with Gasteiger partial charge in [0.2, 0.25) is 5.91 Å². The molecule has 1 aromatic carbocycles. The van der Waals surface area contributed by atoms with Crippen LogP contribution >= 0.6 is 11.6 Å². The summed E-state index contributed by atoms with van der Waals surface area (Å²) in [5.74, 6) is -0.749. The normalized spacial score (nSPS) is 16.5. The molecule has 1 aliphatic heterocycles. The maximum atomic E-state index is 13.0. The van der Waals surface area contributed by atoms with Gasteiger partial charge in [-0.2, -0.15) is 0 Å². The minimum atomic E-state index is -0.838. The summed E-state index contributed by atoms with van der Waals surface area (Å²) in [6, 6.07) is 3.55. The highest BCUT2D eigenvalue weighted by molar-refractivity contribution is 6.31. The highest BCUT2D eigenvalue weighted by Crippen LogP contribution is 2.19. The van der Waals surface area contributed by atoms with Gasteiger partial charge in [-0.05, 0) is 17.7 Å². The van der Waals surface area contributed by atoms with Gasteiger partial charge in [-0.15, -0.1) is 0 Å². The zero-order valence-corrected chi connectivity index (χ0v) is 12.8. The molecule has 0 atom stereocenters. The molecule has 0 unspecified atom stereocenters. The predicted molar refractivity (Wildman–Crippen MR) is 80.9 cm³/mol. The summed E-state index contributed by atoms with van der Waals surface area (Å²) in [6.07, 6.45) is 0. The number of benzene rings is 1.